The summed E-state index contributed by atoms with van der Waals surface area (Å²) in [6.07, 6.45) is -1.07. The minimum absolute atomic E-state index is 0.0572. The van der Waals surface area contributed by atoms with Crippen molar-refractivity contribution in [2.24, 2.45) is 0 Å². The molecule has 1 aliphatic rings. The molecule has 0 aliphatic carbocycles. The molecule has 1 amide bonds. The molecular formula is C28H31F3N4O. The van der Waals surface area contributed by atoms with Crippen LogP contribution in [0.2, 0.25) is 0 Å². The normalized spacial score (nSPS) is 15.8. The molecule has 1 aliphatic heterocycles. The highest BCUT2D eigenvalue weighted by Crippen LogP contribution is 2.30. The van der Waals surface area contributed by atoms with Crippen LogP contribution >= 0.6 is 0 Å². The van der Waals surface area contributed by atoms with Gasteiger partial charge in [-0.3, -0.25) is 9.69 Å². The van der Waals surface area contributed by atoms with Crippen molar-refractivity contribution < 1.29 is 18.0 Å². The quantitative estimate of drug-likeness (QED) is 0.440. The lowest BCUT2D eigenvalue weighted by molar-refractivity contribution is -0.137. The van der Waals surface area contributed by atoms with Gasteiger partial charge in [-0.1, -0.05) is 55.5 Å². The van der Waals surface area contributed by atoms with E-state index in [1.165, 1.54) is 12.1 Å². The van der Waals surface area contributed by atoms with Gasteiger partial charge in [0.25, 0.3) is 0 Å². The fourth-order valence-corrected chi connectivity index (χ4v) is 4.60. The highest BCUT2D eigenvalue weighted by molar-refractivity contribution is 5.95. The van der Waals surface area contributed by atoms with Gasteiger partial charge in [0.2, 0.25) is 5.91 Å². The average molecular weight is 497 g/mol. The Hall–Kier alpha value is -3.39. The standard InChI is InChI=1S/C28H31F3N4O/c1-2-25(22-9-4-3-5-10-22)27(36)33-24-12-13-26(32-19-24)35-15-7-14-34(16-17-35)20-21-8-6-11-23(18-21)28(29,30)31/h3-6,8-13,18-19,25H,2,7,14-17,20H2,1H3,(H,33,36)/t25-/m1/s1. The number of carbonyl (C=O) groups excluding carboxylic acids is 1. The summed E-state index contributed by atoms with van der Waals surface area (Å²) < 4.78 is 39.1. The number of nitrogens with zero attached hydrogens (tertiary/aromatic N) is 3. The average Bonchev–Trinajstić information content (AvgIpc) is 3.11. The molecule has 1 aromatic heterocycles. The maximum absolute atomic E-state index is 13.0. The molecule has 36 heavy (non-hydrogen) atoms. The number of nitrogens with one attached hydrogen (secondary N) is 1. The molecule has 0 radical (unpaired) electrons. The number of anilines is 2. The number of rotatable bonds is 7. The van der Waals surface area contributed by atoms with Crippen LogP contribution in [0.5, 0.6) is 0 Å². The molecule has 190 valence electrons. The number of aromatic nitrogens is 1. The van der Waals surface area contributed by atoms with Crippen molar-refractivity contribution in [1.82, 2.24) is 9.88 Å². The third-order valence-electron chi connectivity index (χ3n) is 6.52. The van der Waals surface area contributed by atoms with Gasteiger partial charge in [0.1, 0.15) is 5.82 Å². The van der Waals surface area contributed by atoms with Crippen LogP contribution in [0.4, 0.5) is 24.7 Å². The fourth-order valence-electron chi connectivity index (χ4n) is 4.60. The third kappa shape index (κ3) is 6.63. The van der Waals surface area contributed by atoms with E-state index >= 15 is 0 Å². The zero-order valence-corrected chi connectivity index (χ0v) is 20.3. The van der Waals surface area contributed by atoms with E-state index in [2.05, 4.69) is 20.1 Å². The van der Waals surface area contributed by atoms with Crippen LogP contribution in [0.15, 0.2) is 72.9 Å². The van der Waals surface area contributed by atoms with Crippen molar-refractivity contribution in [2.75, 3.05) is 36.4 Å². The van der Waals surface area contributed by atoms with Gasteiger partial charge in [-0.05, 0) is 42.2 Å². The number of alkyl halides is 3. The molecule has 8 heteroatoms. The van der Waals surface area contributed by atoms with Crippen LogP contribution in [0, 0.1) is 0 Å². The highest BCUT2D eigenvalue weighted by atomic mass is 19.4. The van der Waals surface area contributed by atoms with Gasteiger partial charge in [-0.2, -0.15) is 13.2 Å². The van der Waals surface area contributed by atoms with Crippen molar-refractivity contribution in [2.45, 2.75) is 38.4 Å². The van der Waals surface area contributed by atoms with Crippen molar-refractivity contribution in [1.29, 1.82) is 0 Å². The molecule has 0 spiro atoms. The number of pyridine rings is 1. The largest absolute Gasteiger partial charge is 0.416 e. The first kappa shape index (κ1) is 25.7. The summed E-state index contributed by atoms with van der Waals surface area (Å²) in [4.78, 5) is 21.7. The van der Waals surface area contributed by atoms with Crippen molar-refractivity contribution >= 4 is 17.4 Å². The Balaban J connectivity index is 1.33. The molecule has 5 nitrogen and oxygen atoms in total. The summed E-state index contributed by atoms with van der Waals surface area (Å²) in [6, 6.07) is 19.0. The van der Waals surface area contributed by atoms with Gasteiger partial charge in [0, 0.05) is 32.7 Å². The van der Waals surface area contributed by atoms with Gasteiger partial charge >= 0.3 is 6.18 Å². The third-order valence-corrected chi connectivity index (χ3v) is 6.52. The molecule has 2 aromatic carbocycles. The number of benzene rings is 2. The second kappa shape index (κ2) is 11.6. The zero-order valence-electron chi connectivity index (χ0n) is 20.3. The van der Waals surface area contributed by atoms with Crippen molar-refractivity contribution in [3.63, 3.8) is 0 Å². The number of hydrogen-bond donors (Lipinski definition) is 1. The monoisotopic (exact) mass is 496 g/mol. The highest BCUT2D eigenvalue weighted by Gasteiger charge is 2.30. The Morgan fingerprint density at radius 3 is 2.50 bits per heavy atom. The maximum Gasteiger partial charge on any atom is 0.416 e. The van der Waals surface area contributed by atoms with E-state index in [4.69, 9.17) is 0 Å². The van der Waals surface area contributed by atoms with Gasteiger partial charge in [0.15, 0.2) is 0 Å². The fraction of sp³-hybridized carbons (Fsp3) is 0.357. The summed E-state index contributed by atoms with van der Waals surface area (Å²) >= 11 is 0. The van der Waals surface area contributed by atoms with Gasteiger partial charge in [0.05, 0.1) is 23.4 Å². The van der Waals surface area contributed by atoms with Crippen LogP contribution in [0.25, 0.3) is 0 Å². The number of amides is 1. The molecule has 0 unspecified atom stereocenters. The van der Waals surface area contributed by atoms with Crippen LogP contribution in [-0.2, 0) is 17.5 Å². The lowest BCUT2D eigenvalue weighted by atomic mass is 9.95. The summed E-state index contributed by atoms with van der Waals surface area (Å²) in [7, 11) is 0. The lowest BCUT2D eigenvalue weighted by Crippen LogP contribution is -2.31. The molecule has 0 saturated carbocycles. The summed E-state index contributed by atoms with van der Waals surface area (Å²) in [5, 5.41) is 2.98. The zero-order chi connectivity index (χ0) is 25.5. The molecule has 1 atom stereocenters. The molecule has 1 N–H and O–H groups in total. The minimum Gasteiger partial charge on any atom is -0.355 e. The van der Waals surface area contributed by atoms with E-state index in [1.807, 2.05) is 49.4 Å². The summed E-state index contributed by atoms with van der Waals surface area (Å²) in [6.45, 7) is 5.54. The molecule has 1 fully saturated rings. The molecule has 1 saturated heterocycles. The van der Waals surface area contributed by atoms with Gasteiger partial charge < -0.3 is 10.2 Å². The van der Waals surface area contributed by atoms with E-state index in [0.29, 0.717) is 24.2 Å². The van der Waals surface area contributed by atoms with Crippen LogP contribution in [0.1, 0.15) is 42.4 Å². The van der Waals surface area contributed by atoms with Gasteiger partial charge in [-0.15, -0.1) is 0 Å². The Labute approximate surface area is 210 Å². The smallest absolute Gasteiger partial charge is 0.355 e. The second-order valence-corrected chi connectivity index (χ2v) is 9.08. The first-order valence-corrected chi connectivity index (χ1v) is 12.3. The lowest BCUT2D eigenvalue weighted by Gasteiger charge is -2.23. The molecule has 0 bridgehead atoms. The topological polar surface area (TPSA) is 48.5 Å². The summed E-state index contributed by atoms with van der Waals surface area (Å²) in [5.41, 5.74) is 1.69. The van der Waals surface area contributed by atoms with Crippen molar-refractivity contribution in [3.8, 4) is 0 Å². The Morgan fingerprint density at radius 2 is 1.81 bits per heavy atom. The Morgan fingerprint density at radius 1 is 1.00 bits per heavy atom. The number of carbonyl (C=O) groups is 1. The Bertz CT molecular complexity index is 1140. The predicted molar refractivity (Wildman–Crippen MR) is 136 cm³/mol. The van der Waals surface area contributed by atoms with Crippen LogP contribution in [0.3, 0.4) is 0 Å². The van der Waals surface area contributed by atoms with Gasteiger partial charge in [-0.25, -0.2) is 4.98 Å². The SMILES string of the molecule is CC[C@@H](C(=O)Nc1ccc(N2CCCN(Cc3cccc(C(F)(F)F)c3)CC2)nc1)c1ccccc1. The van der Waals surface area contributed by atoms with E-state index in [-0.39, 0.29) is 11.8 Å². The molecule has 2 heterocycles. The molecule has 4 rings (SSSR count). The first-order chi connectivity index (χ1) is 17.3. The van der Waals surface area contributed by atoms with Crippen molar-refractivity contribution in [3.05, 3.63) is 89.6 Å². The van der Waals surface area contributed by atoms with E-state index in [9.17, 15) is 18.0 Å². The second-order valence-electron chi connectivity index (χ2n) is 9.08. The predicted octanol–water partition coefficient (Wildman–Crippen LogP) is 5.95. The van der Waals surface area contributed by atoms with E-state index < -0.39 is 11.7 Å². The molecular weight excluding hydrogens is 465 g/mol. The summed E-state index contributed by atoms with van der Waals surface area (Å²) in [5.74, 6) is 0.543. The minimum atomic E-state index is -4.33. The number of halogens is 3. The number of hydrogen-bond acceptors (Lipinski definition) is 4. The Kier molecular flexibility index (Phi) is 8.25. The van der Waals surface area contributed by atoms with Crippen LogP contribution < -0.4 is 10.2 Å². The first-order valence-electron chi connectivity index (χ1n) is 12.3. The molecule has 3 aromatic rings. The van der Waals surface area contributed by atoms with Crippen LogP contribution in [-0.4, -0.2) is 42.0 Å². The maximum atomic E-state index is 13.0. The van der Waals surface area contributed by atoms with E-state index in [0.717, 1.165) is 50.0 Å². The van der Waals surface area contributed by atoms with E-state index in [1.54, 1.807) is 12.3 Å².